The Kier molecular flexibility index (Phi) is 4.08. The Morgan fingerprint density at radius 3 is 2.56 bits per heavy atom. The van der Waals surface area contributed by atoms with Crippen molar-refractivity contribution in [2.24, 2.45) is 0 Å². The number of nitrogens with zero attached hydrogens (tertiary/aromatic N) is 3. The van der Waals surface area contributed by atoms with Crippen LogP contribution in [0.3, 0.4) is 0 Å². The van der Waals surface area contributed by atoms with Gasteiger partial charge in [-0.05, 0) is 64.0 Å². The molecule has 0 radical (unpaired) electrons. The van der Waals surface area contributed by atoms with E-state index in [1.807, 2.05) is 16.6 Å². The Morgan fingerprint density at radius 2 is 1.85 bits per heavy atom. The topological polar surface area (TPSA) is 50.2 Å². The van der Waals surface area contributed by atoms with Gasteiger partial charge in [0.2, 0.25) is 0 Å². The number of hydrogen-bond donors (Lipinski definition) is 1. The summed E-state index contributed by atoms with van der Waals surface area (Å²) in [6.07, 6.45) is 7.72. The SMILES string of the molecule is Cc1ccc(-n2nc(C(=O)N(C)C3CC4CCC(C3)N4)c3c2CCC3)cc1. The molecule has 5 heteroatoms. The minimum atomic E-state index is 0.102. The highest BCUT2D eigenvalue weighted by molar-refractivity contribution is 5.94. The van der Waals surface area contributed by atoms with Crippen molar-refractivity contribution in [2.75, 3.05) is 7.05 Å². The summed E-state index contributed by atoms with van der Waals surface area (Å²) >= 11 is 0. The Labute approximate surface area is 160 Å². The lowest BCUT2D eigenvalue weighted by atomic mass is 9.98. The molecule has 27 heavy (non-hydrogen) atoms. The Bertz CT molecular complexity index is 857. The smallest absolute Gasteiger partial charge is 0.274 e. The molecule has 0 saturated carbocycles. The van der Waals surface area contributed by atoms with Crippen LogP contribution in [0.25, 0.3) is 5.69 Å². The second-order valence-electron chi connectivity index (χ2n) is 8.55. The number of rotatable bonds is 3. The molecule has 1 aliphatic carbocycles. The molecule has 2 aromatic rings. The second-order valence-corrected chi connectivity index (χ2v) is 8.55. The average Bonchev–Trinajstić information content (AvgIpc) is 3.36. The van der Waals surface area contributed by atoms with E-state index in [-0.39, 0.29) is 5.91 Å². The fourth-order valence-electron chi connectivity index (χ4n) is 5.19. The molecule has 2 unspecified atom stereocenters. The maximum atomic E-state index is 13.4. The highest BCUT2D eigenvalue weighted by Crippen LogP contribution is 2.32. The van der Waals surface area contributed by atoms with Gasteiger partial charge >= 0.3 is 0 Å². The number of benzene rings is 1. The van der Waals surface area contributed by atoms with E-state index in [2.05, 4.69) is 36.5 Å². The van der Waals surface area contributed by atoms with E-state index >= 15 is 0 Å². The van der Waals surface area contributed by atoms with E-state index < -0.39 is 0 Å². The number of aromatic nitrogens is 2. The van der Waals surface area contributed by atoms with Gasteiger partial charge in [-0.15, -0.1) is 0 Å². The molecule has 142 valence electrons. The van der Waals surface area contributed by atoms with Crippen LogP contribution in [-0.4, -0.2) is 45.8 Å². The molecule has 5 nitrogen and oxygen atoms in total. The first-order valence-corrected chi connectivity index (χ1v) is 10.3. The molecule has 1 aromatic carbocycles. The minimum Gasteiger partial charge on any atom is -0.337 e. The van der Waals surface area contributed by atoms with Crippen LogP contribution >= 0.6 is 0 Å². The van der Waals surface area contributed by atoms with E-state index in [1.54, 1.807) is 0 Å². The van der Waals surface area contributed by atoms with Gasteiger partial charge in [-0.1, -0.05) is 17.7 Å². The fraction of sp³-hybridized carbons (Fsp3) is 0.545. The molecule has 5 rings (SSSR count). The third-order valence-electron chi connectivity index (χ3n) is 6.73. The van der Waals surface area contributed by atoms with Crippen LogP contribution in [0.15, 0.2) is 24.3 Å². The van der Waals surface area contributed by atoms with Crippen LogP contribution < -0.4 is 5.32 Å². The minimum absolute atomic E-state index is 0.102. The Balaban J connectivity index is 1.45. The molecular formula is C22H28N4O. The largest absolute Gasteiger partial charge is 0.337 e. The lowest BCUT2D eigenvalue weighted by Gasteiger charge is -2.35. The first-order chi connectivity index (χ1) is 13.1. The highest BCUT2D eigenvalue weighted by Gasteiger charge is 2.38. The zero-order valence-electron chi connectivity index (χ0n) is 16.2. The van der Waals surface area contributed by atoms with Crippen LogP contribution in [0.5, 0.6) is 0 Å². The molecule has 2 fully saturated rings. The molecule has 2 bridgehead atoms. The molecule has 2 atom stereocenters. The molecular weight excluding hydrogens is 336 g/mol. The van der Waals surface area contributed by atoms with Crippen LogP contribution in [0.1, 0.15) is 59.4 Å². The number of amides is 1. The van der Waals surface area contributed by atoms with Gasteiger partial charge in [-0.3, -0.25) is 4.79 Å². The highest BCUT2D eigenvalue weighted by atomic mass is 16.2. The quantitative estimate of drug-likeness (QED) is 0.911. The van der Waals surface area contributed by atoms with E-state index in [4.69, 9.17) is 5.10 Å². The number of carbonyl (C=O) groups excluding carboxylic acids is 1. The van der Waals surface area contributed by atoms with Gasteiger partial charge in [-0.2, -0.15) is 5.10 Å². The van der Waals surface area contributed by atoms with Crippen molar-refractivity contribution in [1.29, 1.82) is 0 Å². The van der Waals surface area contributed by atoms with Gasteiger partial charge in [0, 0.05) is 36.4 Å². The predicted octanol–water partition coefficient (Wildman–Crippen LogP) is 3.02. The number of nitrogens with one attached hydrogen (secondary N) is 1. The van der Waals surface area contributed by atoms with Gasteiger partial charge in [0.15, 0.2) is 5.69 Å². The van der Waals surface area contributed by atoms with Gasteiger partial charge in [0.25, 0.3) is 5.91 Å². The van der Waals surface area contributed by atoms with Gasteiger partial charge in [0.1, 0.15) is 0 Å². The zero-order chi connectivity index (χ0) is 18.5. The van der Waals surface area contributed by atoms with E-state index in [0.717, 1.165) is 37.8 Å². The molecule has 3 aliphatic rings. The van der Waals surface area contributed by atoms with E-state index in [1.165, 1.54) is 29.7 Å². The first-order valence-electron chi connectivity index (χ1n) is 10.3. The van der Waals surface area contributed by atoms with Gasteiger partial charge in [-0.25, -0.2) is 4.68 Å². The summed E-state index contributed by atoms with van der Waals surface area (Å²) in [5.74, 6) is 0.102. The summed E-state index contributed by atoms with van der Waals surface area (Å²) < 4.78 is 2.01. The third kappa shape index (κ3) is 2.89. The van der Waals surface area contributed by atoms with Crippen LogP contribution in [0, 0.1) is 6.92 Å². The molecule has 0 spiro atoms. The number of piperidine rings is 1. The molecule has 1 N–H and O–H groups in total. The molecule has 3 heterocycles. The Morgan fingerprint density at radius 1 is 1.15 bits per heavy atom. The number of fused-ring (bicyclic) bond motifs is 3. The summed E-state index contributed by atoms with van der Waals surface area (Å²) in [6, 6.07) is 9.91. The van der Waals surface area contributed by atoms with Crippen molar-refractivity contribution >= 4 is 5.91 Å². The molecule has 1 aromatic heterocycles. The van der Waals surface area contributed by atoms with Crippen LogP contribution in [-0.2, 0) is 12.8 Å². The van der Waals surface area contributed by atoms with Crippen molar-refractivity contribution in [3.8, 4) is 5.69 Å². The summed E-state index contributed by atoms with van der Waals surface area (Å²) in [4.78, 5) is 15.3. The summed E-state index contributed by atoms with van der Waals surface area (Å²) in [5, 5.41) is 8.48. The van der Waals surface area contributed by atoms with E-state index in [9.17, 15) is 4.79 Å². The van der Waals surface area contributed by atoms with Crippen molar-refractivity contribution in [2.45, 2.75) is 70.0 Å². The van der Waals surface area contributed by atoms with E-state index in [0.29, 0.717) is 23.8 Å². The maximum absolute atomic E-state index is 13.4. The van der Waals surface area contributed by atoms with Crippen molar-refractivity contribution in [1.82, 2.24) is 20.0 Å². The summed E-state index contributed by atoms with van der Waals surface area (Å²) in [6.45, 7) is 2.09. The Hall–Kier alpha value is -2.14. The molecule has 2 aliphatic heterocycles. The fourth-order valence-corrected chi connectivity index (χ4v) is 5.19. The predicted molar refractivity (Wildman–Crippen MR) is 105 cm³/mol. The number of aryl methyl sites for hydroxylation is 1. The van der Waals surface area contributed by atoms with Crippen LogP contribution in [0.4, 0.5) is 0 Å². The summed E-state index contributed by atoms with van der Waals surface area (Å²) in [7, 11) is 1.98. The third-order valence-corrected chi connectivity index (χ3v) is 6.73. The first kappa shape index (κ1) is 17.0. The average molecular weight is 364 g/mol. The van der Waals surface area contributed by atoms with Gasteiger partial charge in [0.05, 0.1) is 5.69 Å². The standard InChI is InChI=1S/C22H28N4O/c1-14-6-10-17(11-7-14)26-20-5-3-4-19(20)21(24-26)22(27)25(2)18-12-15-8-9-16(13-18)23-15/h6-7,10-11,15-16,18,23H,3-5,8-9,12-13H2,1-2H3. The van der Waals surface area contributed by atoms with Gasteiger partial charge < -0.3 is 10.2 Å². The monoisotopic (exact) mass is 364 g/mol. The number of carbonyl (C=O) groups is 1. The van der Waals surface area contributed by atoms with Crippen molar-refractivity contribution in [3.63, 3.8) is 0 Å². The molecule has 1 amide bonds. The normalized spacial score (nSPS) is 26.2. The van der Waals surface area contributed by atoms with Crippen molar-refractivity contribution < 1.29 is 4.79 Å². The second kappa shape index (κ2) is 6.48. The van der Waals surface area contributed by atoms with Crippen LogP contribution in [0.2, 0.25) is 0 Å². The van der Waals surface area contributed by atoms with Crippen molar-refractivity contribution in [3.05, 3.63) is 46.8 Å². The number of hydrogen-bond acceptors (Lipinski definition) is 3. The molecule has 2 saturated heterocycles. The summed E-state index contributed by atoms with van der Waals surface area (Å²) in [5.41, 5.74) is 5.36. The zero-order valence-corrected chi connectivity index (χ0v) is 16.2. The maximum Gasteiger partial charge on any atom is 0.274 e. The lowest BCUT2D eigenvalue weighted by Crippen LogP contribution is -2.48. The lowest BCUT2D eigenvalue weighted by molar-refractivity contribution is 0.0674.